The van der Waals surface area contributed by atoms with Gasteiger partial charge in [-0.3, -0.25) is 19.4 Å². The normalized spacial score (nSPS) is 12.9. The van der Waals surface area contributed by atoms with Crippen LogP contribution in [-0.2, 0) is 39.1 Å². The van der Waals surface area contributed by atoms with Crippen LogP contribution in [0, 0.1) is 11.7 Å². The number of hydrogen-bond donors (Lipinski definition) is 0. The van der Waals surface area contributed by atoms with E-state index in [-0.39, 0.29) is 30.5 Å². The quantitative estimate of drug-likeness (QED) is 0.180. The molecule has 0 atom stereocenters. The lowest BCUT2D eigenvalue weighted by Gasteiger charge is -2.22. The Labute approximate surface area is 247 Å². The van der Waals surface area contributed by atoms with Gasteiger partial charge in [0.05, 0.1) is 33.5 Å². The zero-order valence-electron chi connectivity index (χ0n) is 23.9. The zero-order chi connectivity index (χ0) is 29.8. The molecule has 220 valence electrons. The van der Waals surface area contributed by atoms with Crippen LogP contribution in [0.25, 0.3) is 20.9 Å². The molecule has 1 aliphatic carbocycles. The molecule has 1 aliphatic rings. The number of carbonyl (C=O) groups is 3. The van der Waals surface area contributed by atoms with Crippen LogP contribution in [-0.4, -0.2) is 50.2 Å². The van der Waals surface area contributed by atoms with Crippen molar-refractivity contribution in [3.05, 3.63) is 59.8 Å². The van der Waals surface area contributed by atoms with Crippen LogP contribution in [0.1, 0.15) is 50.8 Å². The fourth-order valence-corrected chi connectivity index (χ4v) is 5.84. The Bertz CT molecular complexity index is 1630. The molecule has 11 heteroatoms. The van der Waals surface area contributed by atoms with E-state index in [0.717, 1.165) is 34.5 Å². The van der Waals surface area contributed by atoms with Crippen molar-refractivity contribution in [1.29, 1.82) is 0 Å². The SMILES string of the molecule is CCCN(Cc1cnc(-c2cc3nccc(Oc4ccc(CC(=O)CC5CC5)cc4F)c3s2)n1C)C(=O)COC(C)=O. The number of esters is 1. The van der Waals surface area contributed by atoms with Gasteiger partial charge >= 0.3 is 5.97 Å². The molecule has 0 radical (unpaired) electrons. The third kappa shape index (κ3) is 7.02. The Hall–Kier alpha value is -4.12. The summed E-state index contributed by atoms with van der Waals surface area (Å²) in [5.74, 6) is 0.572. The van der Waals surface area contributed by atoms with E-state index in [1.807, 2.05) is 24.6 Å². The number of halogens is 1. The minimum Gasteiger partial charge on any atom is -0.456 e. The number of ether oxygens (including phenoxy) is 2. The number of fused-ring (bicyclic) bond motifs is 1. The zero-order valence-corrected chi connectivity index (χ0v) is 24.7. The average Bonchev–Trinajstić information content (AvgIpc) is 3.53. The molecule has 0 saturated heterocycles. The fourth-order valence-electron chi connectivity index (χ4n) is 4.74. The van der Waals surface area contributed by atoms with Gasteiger partial charge in [-0.25, -0.2) is 9.37 Å². The summed E-state index contributed by atoms with van der Waals surface area (Å²) in [7, 11) is 1.87. The van der Waals surface area contributed by atoms with Crippen molar-refractivity contribution in [3.63, 3.8) is 0 Å². The van der Waals surface area contributed by atoms with Crippen molar-refractivity contribution in [2.24, 2.45) is 13.0 Å². The number of carbonyl (C=O) groups excluding carboxylic acids is 3. The summed E-state index contributed by atoms with van der Waals surface area (Å²) in [6.45, 7) is 3.78. The van der Waals surface area contributed by atoms with Crippen LogP contribution in [0.2, 0.25) is 0 Å². The summed E-state index contributed by atoms with van der Waals surface area (Å²) in [6, 6.07) is 8.25. The first-order chi connectivity index (χ1) is 20.2. The maximum absolute atomic E-state index is 15.0. The number of aromatic nitrogens is 3. The van der Waals surface area contributed by atoms with Gasteiger partial charge in [0, 0.05) is 45.6 Å². The van der Waals surface area contributed by atoms with E-state index in [1.54, 1.807) is 35.5 Å². The van der Waals surface area contributed by atoms with E-state index in [0.29, 0.717) is 48.1 Å². The number of thiophene rings is 1. The predicted octanol–water partition coefficient (Wildman–Crippen LogP) is 5.84. The molecule has 1 saturated carbocycles. The lowest BCUT2D eigenvalue weighted by molar-refractivity contribution is -0.150. The molecule has 3 aromatic heterocycles. The molecule has 3 heterocycles. The second kappa shape index (κ2) is 12.8. The van der Waals surface area contributed by atoms with Crippen LogP contribution in [0.4, 0.5) is 4.39 Å². The predicted molar refractivity (Wildman–Crippen MR) is 157 cm³/mol. The van der Waals surface area contributed by atoms with Gasteiger partial charge in [-0.05, 0) is 48.9 Å². The third-order valence-corrected chi connectivity index (χ3v) is 8.24. The Morgan fingerprint density at radius 3 is 2.67 bits per heavy atom. The summed E-state index contributed by atoms with van der Waals surface area (Å²) in [5.41, 5.74) is 2.14. The molecular formula is C31H33FN4O5S. The summed E-state index contributed by atoms with van der Waals surface area (Å²) in [5, 5.41) is 0. The van der Waals surface area contributed by atoms with E-state index in [2.05, 4.69) is 9.97 Å². The molecule has 0 unspecified atom stereocenters. The first-order valence-electron chi connectivity index (χ1n) is 14.0. The highest BCUT2D eigenvalue weighted by Gasteiger charge is 2.24. The number of rotatable bonds is 13. The molecule has 5 rings (SSSR count). The van der Waals surface area contributed by atoms with Crippen LogP contribution < -0.4 is 4.74 Å². The van der Waals surface area contributed by atoms with Crippen LogP contribution >= 0.6 is 11.3 Å². The molecule has 9 nitrogen and oxygen atoms in total. The van der Waals surface area contributed by atoms with Crippen molar-refractivity contribution in [1.82, 2.24) is 19.4 Å². The Kier molecular flexibility index (Phi) is 8.96. The Balaban J connectivity index is 1.33. The van der Waals surface area contributed by atoms with Crippen molar-refractivity contribution in [2.45, 2.75) is 52.5 Å². The number of ketones is 1. The molecule has 1 amide bonds. The van der Waals surface area contributed by atoms with Gasteiger partial charge in [-0.15, -0.1) is 11.3 Å². The number of nitrogens with zero attached hydrogens (tertiary/aromatic N) is 4. The maximum atomic E-state index is 15.0. The van der Waals surface area contributed by atoms with Crippen LogP contribution in [0.5, 0.6) is 11.5 Å². The van der Waals surface area contributed by atoms with Crippen molar-refractivity contribution < 1.29 is 28.2 Å². The highest BCUT2D eigenvalue weighted by molar-refractivity contribution is 7.22. The molecule has 0 spiro atoms. The van der Waals surface area contributed by atoms with E-state index >= 15 is 0 Å². The topological polar surface area (TPSA) is 104 Å². The average molecular weight is 593 g/mol. The summed E-state index contributed by atoms with van der Waals surface area (Å²) in [6.07, 6.45) is 7.09. The highest BCUT2D eigenvalue weighted by Crippen LogP contribution is 2.39. The van der Waals surface area contributed by atoms with E-state index in [9.17, 15) is 18.8 Å². The van der Waals surface area contributed by atoms with E-state index < -0.39 is 11.8 Å². The lowest BCUT2D eigenvalue weighted by atomic mass is 10.0. The Morgan fingerprint density at radius 1 is 1.14 bits per heavy atom. The maximum Gasteiger partial charge on any atom is 0.303 e. The smallest absolute Gasteiger partial charge is 0.303 e. The van der Waals surface area contributed by atoms with Gasteiger partial charge in [0.25, 0.3) is 5.91 Å². The molecule has 0 aliphatic heterocycles. The standard InChI is InChI=1S/C31H33FN4O5S/c1-4-11-36(29(39)18-40-19(2)37)17-22-16-34-31(35(22)3)28-15-25-30(42-28)27(9-10-33-25)41-26-8-7-21(14-24(26)32)13-23(38)12-20-5-6-20/h7-10,14-16,20H,4-6,11-13,17-18H2,1-3H3. The van der Waals surface area contributed by atoms with Crippen molar-refractivity contribution >= 4 is 39.2 Å². The first-order valence-corrected chi connectivity index (χ1v) is 14.8. The van der Waals surface area contributed by atoms with Gasteiger partial charge in [0.15, 0.2) is 18.2 Å². The van der Waals surface area contributed by atoms with E-state index in [4.69, 9.17) is 9.47 Å². The number of imidazole rings is 1. The second-order valence-corrected chi connectivity index (χ2v) is 11.6. The third-order valence-electron chi connectivity index (χ3n) is 7.11. The fraction of sp³-hybridized carbons (Fsp3) is 0.387. The minimum atomic E-state index is -0.526. The van der Waals surface area contributed by atoms with Crippen molar-refractivity contribution in [2.75, 3.05) is 13.2 Å². The second-order valence-electron chi connectivity index (χ2n) is 10.6. The molecule has 4 aromatic rings. The van der Waals surface area contributed by atoms with E-state index in [1.165, 1.54) is 24.3 Å². The summed E-state index contributed by atoms with van der Waals surface area (Å²) < 4.78 is 28.5. The van der Waals surface area contributed by atoms with Gasteiger partial charge in [0.2, 0.25) is 0 Å². The molecule has 0 bridgehead atoms. The van der Waals surface area contributed by atoms with Crippen LogP contribution in [0.15, 0.2) is 42.7 Å². The van der Waals surface area contributed by atoms with Crippen molar-refractivity contribution in [3.8, 4) is 22.2 Å². The van der Waals surface area contributed by atoms with Gasteiger partial charge < -0.3 is 18.9 Å². The largest absolute Gasteiger partial charge is 0.456 e. The molecule has 1 aromatic carbocycles. The highest BCUT2D eigenvalue weighted by atomic mass is 32.1. The number of amides is 1. The molecule has 42 heavy (non-hydrogen) atoms. The first kappa shape index (κ1) is 29.4. The minimum absolute atomic E-state index is 0.0737. The summed E-state index contributed by atoms with van der Waals surface area (Å²) in [4.78, 5) is 47.5. The number of benzene rings is 1. The molecule has 1 fully saturated rings. The monoisotopic (exact) mass is 592 g/mol. The van der Waals surface area contributed by atoms with Gasteiger partial charge in [-0.2, -0.15) is 0 Å². The van der Waals surface area contributed by atoms with Gasteiger partial charge in [-0.1, -0.05) is 13.0 Å². The van der Waals surface area contributed by atoms with Crippen LogP contribution in [0.3, 0.4) is 0 Å². The summed E-state index contributed by atoms with van der Waals surface area (Å²) >= 11 is 1.42. The number of pyridine rings is 1. The number of hydrogen-bond acceptors (Lipinski definition) is 8. The molecule has 0 N–H and O–H groups in total. The lowest BCUT2D eigenvalue weighted by Crippen LogP contribution is -2.35. The molecular weight excluding hydrogens is 559 g/mol. The van der Waals surface area contributed by atoms with Gasteiger partial charge in [0.1, 0.15) is 17.4 Å². The Morgan fingerprint density at radius 2 is 1.95 bits per heavy atom. The number of Topliss-reactive ketones (excluding diaryl/α,β-unsaturated/α-hetero) is 1.